The first-order chi connectivity index (χ1) is 28.1. The molecule has 0 aliphatic carbocycles. The third-order valence-corrected chi connectivity index (χ3v) is 9.33. The maximum absolute atomic E-state index is 10.3. The molecule has 296 valence electrons. The van der Waals surface area contributed by atoms with Crippen LogP contribution in [0.15, 0.2) is 130 Å². The number of benzene rings is 5. The molecular formula is C49H56N4O4. The number of hydrogen-bond donors (Lipinski definition) is 1. The Morgan fingerprint density at radius 3 is 1.56 bits per heavy atom. The van der Waals surface area contributed by atoms with Crippen LogP contribution < -0.4 is 9.62 Å². The largest absolute Gasteiger partial charge is 0.494 e. The highest BCUT2D eigenvalue weighted by atomic mass is 17.2. The average molecular weight is 765 g/mol. The molecule has 1 N–H and O–H groups in total. The number of nitrogens with zero attached hydrogens (tertiary/aromatic N) is 4. The van der Waals surface area contributed by atoms with Gasteiger partial charge in [-0.05, 0) is 127 Å². The van der Waals surface area contributed by atoms with Gasteiger partial charge >= 0.3 is 0 Å². The molecule has 0 fully saturated rings. The van der Waals surface area contributed by atoms with E-state index in [1.165, 1.54) is 50.5 Å². The Morgan fingerprint density at radius 1 is 0.526 bits per heavy atom. The lowest BCUT2D eigenvalue weighted by molar-refractivity contribution is -0.202. The number of azo groups is 2. The quantitative estimate of drug-likeness (QED) is 0.0235. The lowest BCUT2D eigenvalue weighted by Crippen LogP contribution is -2.00. The van der Waals surface area contributed by atoms with Crippen molar-refractivity contribution in [3.05, 3.63) is 143 Å². The van der Waals surface area contributed by atoms with Crippen LogP contribution in [0.5, 0.6) is 11.5 Å². The van der Waals surface area contributed by atoms with Gasteiger partial charge in [0, 0.05) is 5.56 Å². The van der Waals surface area contributed by atoms with Crippen molar-refractivity contribution < 1.29 is 19.6 Å². The molecule has 57 heavy (non-hydrogen) atoms. The fourth-order valence-corrected chi connectivity index (χ4v) is 6.00. The molecule has 0 atom stereocenters. The summed E-state index contributed by atoms with van der Waals surface area (Å²) < 4.78 is 5.83. The van der Waals surface area contributed by atoms with Crippen LogP contribution in [0.2, 0.25) is 0 Å². The molecule has 0 saturated heterocycles. The highest BCUT2D eigenvalue weighted by Gasteiger charge is 2.10. The third kappa shape index (κ3) is 14.7. The van der Waals surface area contributed by atoms with Gasteiger partial charge in [-0.3, -0.25) is 0 Å². The van der Waals surface area contributed by atoms with Gasteiger partial charge in [0.25, 0.3) is 0 Å². The minimum absolute atomic E-state index is 0.136. The van der Waals surface area contributed by atoms with Crippen LogP contribution in [0.25, 0.3) is 24.3 Å². The van der Waals surface area contributed by atoms with E-state index in [-0.39, 0.29) is 6.61 Å². The number of hydrogen-bond acceptors (Lipinski definition) is 8. The monoisotopic (exact) mass is 764 g/mol. The van der Waals surface area contributed by atoms with Crippen molar-refractivity contribution in [1.82, 2.24) is 0 Å². The van der Waals surface area contributed by atoms with Crippen LogP contribution in [0.3, 0.4) is 0 Å². The molecule has 0 aliphatic heterocycles. The van der Waals surface area contributed by atoms with Crippen LogP contribution in [-0.4, -0.2) is 18.3 Å². The molecule has 0 bridgehead atoms. The third-order valence-electron chi connectivity index (χ3n) is 9.33. The van der Waals surface area contributed by atoms with Gasteiger partial charge in [-0.25, -0.2) is 0 Å². The predicted molar refractivity (Wildman–Crippen MR) is 234 cm³/mol. The highest BCUT2D eigenvalue weighted by Crippen LogP contribution is 2.29. The van der Waals surface area contributed by atoms with E-state index in [0.29, 0.717) is 12.4 Å². The summed E-state index contributed by atoms with van der Waals surface area (Å²) >= 11 is 0. The molecule has 8 heteroatoms. The Hall–Kier alpha value is -5.70. The van der Waals surface area contributed by atoms with Crippen LogP contribution in [-0.2, 0) is 17.9 Å². The van der Waals surface area contributed by atoms with E-state index in [1.54, 1.807) is 0 Å². The van der Waals surface area contributed by atoms with E-state index in [0.717, 1.165) is 75.8 Å². The summed E-state index contributed by atoms with van der Waals surface area (Å²) in [5.74, 6) is 1.39. The number of aryl methyl sites for hydroxylation is 1. The van der Waals surface area contributed by atoms with E-state index < -0.39 is 0 Å². The second-order valence-electron chi connectivity index (χ2n) is 13.9. The number of unbranched alkanes of at least 4 members (excludes halogenated alkanes) is 6. The van der Waals surface area contributed by atoms with Crippen molar-refractivity contribution in [2.75, 3.05) is 13.2 Å². The van der Waals surface area contributed by atoms with Gasteiger partial charge in [0.2, 0.25) is 0 Å². The predicted octanol–water partition coefficient (Wildman–Crippen LogP) is 14.8. The smallest absolute Gasteiger partial charge is 0.173 e. The van der Waals surface area contributed by atoms with E-state index in [9.17, 15) is 5.11 Å². The number of aliphatic hydroxyl groups is 1. The molecule has 0 saturated carbocycles. The molecule has 5 aromatic carbocycles. The van der Waals surface area contributed by atoms with E-state index in [4.69, 9.17) is 14.5 Å². The molecule has 5 rings (SSSR count). The molecule has 0 spiro atoms. The van der Waals surface area contributed by atoms with E-state index in [1.807, 2.05) is 128 Å². The van der Waals surface area contributed by atoms with Gasteiger partial charge < -0.3 is 14.7 Å². The van der Waals surface area contributed by atoms with Crippen molar-refractivity contribution in [1.29, 1.82) is 0 Å². The molecule has 5 aromatic rings. The molecule has 0 radical (unpaired) electrons. The van der Waals surface area contributed by atoms with Gasteiger partial charge in [0.15, 0.2) is 5.75 Å². The van der Waals surface area contributed by atoms with Crippen LogP contribution in [0.4, 0.5) is 22.7 Å². The minimum atomic E-state index is -0.136. The molecule has 0 amide bonds. The first kappa shape index (κ1) is 42.4. The summed E-state index contributed by atoms with van der Waals surface area (Å²) in [4.78, 5) is 11.0. The van der Waals surface area contributed by atoms with Gasteiger partial charge in [-0.15, -0.1) is 0 Å². The molecular weight excluding hydrogens is 709 g/mol. The standard InChI is InChI=1S/C49H56N4O4/c1-4-7-9-11-13-38-16-24-44(25-17-38)50-51-45-26-18-39(19-27-45)14-22-41-36-49(57-56-6-3)42(35-43(41)37-54)23-15-40-20-28-46(29-21-40)52-53-47-30-32-48(33-31-47)55-34-12-10-8-5-2/h14-33,35-36,54H,4-13,34,37H2,1-3H3/b22-14+,23-15+,51-50+,53-52+. The Kier molecular flexibility index (Phi) is 17.9. The Bertz CT molecular complexity index is 2040. The Labute approximate surface area is 338 Å². The minimum Gasteiger partial charge on any atom is -0.494 e. The molecule has 8 nitrogen and oxygen atoms in total. The van der Waals surface area contributed by atoms with Gasteiger partial charge in [0.1, 0.15) is 5.75 Å². The zero-order chi connectivity index (χ0) is 39.9. The average Bonchev–Trinajstić information content (AvgIpc) is 3.25. The summed E-state index contributed by atoms with van der Waals surface area (Å²) in [5.41, 5.74) is 8.77. The Balaban J connectivity index is 1.19. The topological polar surface area (TPSA) is 97.4 Å². The number of ether oxygens (including phenoxy) is 1. The lowest BCUT2D eigenvalue weighted by Gasteiger charge is -2.11. The van der Waals surface area contributed by atoms with Crippen LogP contribution >= 0.6 is 0 Å². The van der Waals surface area contributed by atoms with E-state index >= 15 is 0 Å². The second-order valence-corrected chi connectivity index (χ2v) is 13.9. The first-order valence-electron chi connectivity index (χ1n) is 20.4. The normalized spacial score (nSPS) is 11.8. The first-order valence-corrected chi connectivity index (χ1v) is 20.4. The Morgan fingerprint density at radius 2 is 1.04 bits per heavy atom. The fraction of sp³-hybridized carbons (Fsp3) is 0.306. The van der Waals surface area contributed by atoms with Gasteiger partial charge in [0.05, 0.1) is 42.6 Å². The zero-order valence-corrected chi connectivity index (χ0v) is 33.6. The van der Waals surface area contributed by atoms with Crippen molar-refractivity contribution in [3.8, 4) is 11.5 Å². The van der Waals surface area contributed by atoms with Gasteiger partial charge in [-0.1, -0.05) is 113 Å². The number of aliphatic hydroxyl groups excluding tert-OH is 1. The zero-order valence-electron chi connectivity index (χ0n) is 33.6. The summed E-state index contributed by atoms with van der Waals surface area (Å²) in [7, 11) is 0. The van der Waals surface area contributed by atoms with E-state index in [2.05, 4.69) is 46.4 Å². The highest BCUT2D eigenvalue weighted by molar-refractivity contribution is 5.78. The van der Waals surface area contributed by atoms with Gasteiger partial charge in [-0.2, -0.15) is 25.3 Å². The summed E-state index contributed by atoms with van der Waals surface area (Å²) in [6.07, 6.45) is 18.7. The molecule has 0 heterocycles. The van der Waals surface area contributed by atoms with Crippen molar-refractivity contribution in [2.45, 2.75) is 85.2 Å². The summed E-state index contributed by atoms with van der Waals surface area (Å²) in [5, 5.41) is 27.9. The van der Waals surface area contributed by atoms with Crippen molar-refractivity contribution in [2.24, 2.45) is 20.5 Å². The second kappa shape index (κ2) is 24.0. The number of rotatable bonds is 23. The van der Waals surface area contributed by atoms with Crippen LogP contribution in [0.1, 0.15) is 106 Å². The SMILES string of the molecule is CCCCCCOc1ccc(/N=N/c2ccc(/C=C/c3cc(CO)c(/C=C/c4ccc(/N=N/c5ccc(CCCCCC)cc5)cc4)cc3OOCC)cc2)cc1. The van der Waals surface area contributed by atoms with Crippen molar-refractivity contribution in [3.63, 3.8) is 0 Å². The maximum atomic E-state index is 10.3. The van der Waals surface area contributed by atoms with Crippen LogP contribution in [0, 0.1) is 0 Å². The summed E-state index contributed by atoms with van der Waals surface area (Å²) in [6.45, 7) is 7.29. The molecule has 0 unspecified atom stereocenters. The summed E-state index contributed by atoms with van der Waals surface area (Å²) in [6, 6.07) is 35.5. The van der Waals surface area contributed by atoms with Crippen molar-refractivity contribution >= 4 is 47.1 Å². The molecule has 0 aromatic heterocycles. The lowest BCUT2D eigenvalue weighted by atomic mass is 10.0. The maximum Gasteiger partial charge on any atom is 0.173 e. The fourth-order valence-electron chi connectivity index (χ4n) is 6.00. The molecule has 0 aliphatic rings.